The van der Waals surface area contributed by atoms with Crippen LogP contribution in [0.25, 0.3) is 0 Å². The largest absolute Gasteiger partial charge is 0.341 e. The molecule has 0 heterocycles. The van der Waals surface area contributed by atoms with Crippen molar-refractivity contribution in [3.63, 3.8) is 0 Å². The maximum Gasteiger partial charge on any atom is 0.253 e. The molecule has 1 fully saturated rings. The molecule has 0 bridgehead atoms. The Morgan fingerprint density at radius 3 is 2.81 bits per heavy atom. The van der Waals surface area contributed by atoms with Crippen LogP contribution in [0.2, 0.25) is 5.02 Å². The normalized spacial score (nSPS) is 14.9. The van der Waals surface area contributed by atoms with Gasteiger partial charge in [-0.15, -0.1) is 0 Å². The number of nitrogens with zero attached hydrogens (tertiary/aromatic N) is 1. The molecule has 2 nitrogen and oxygen atoms in total. The van der Waals surface area contributed by atoms with Crippen LogP contribution in [-0.2, 0) is 0 Å². The average molecular weight is 303 g/mol. The first-order chi connectivity index (χ1) is 7.58. The zero-order chi connectivity index (χ0) is 11.7. The quantitative estimate of drug-likeness (QED) is 0.835. The van der Waals surface area contributed by atoms with Crippen molar-refractivity contribution >= 4 is 33.4 Å². The lowest BCUT2D eigenvalue weighted by Crippen LogP contribution is -2.28. The number of hydrogen-bond acceptors (Lipinski definition) is 1. The summed E-state index contributed by atoms with van der Waals surface area (Å²) in [5.41, 5.74) is 0.680. The fourth-order valence-corrected chi connectivity index (χ4v) is 2.12. The summed E-state index contributed by atoms with van der Waals surface area (Å²) in [5, 5.41) is 0.626. The van der Waals surface area contributed by atoms with E-state index in [1.54, 1.807) is 23.1 Å². The molecule has 0 saturated heterocycles. The maximum atomic E-state index is 12.0. The molecule has 1 saturated carbocycles. The van der Waals surface area contributed by atoms with E-state index in [0.717, 1.165) is 11.0 Å². The Labute approximate surface area is 109 Å². The minimum atomic E-state index is 0.0595. The van der Waals surface area contributed by atoms with Crippen LogP contribution in [0.1, 0.15) is 23.2 Å². The molecule has 0 aliphatic heterocycles. The lowest BCUT2D eigenvalue weighted by atomic mass is 10.2. The number of halogens is 2. The van der Waals surface area contributed by atoms with Gasteiger partial charge in [0.15, 0.2) is 0 Å². The van der Waals surface area contributed by atoms with Gasteiger partial charge in [0, 0.05) is 23.6 Å². The molecule has 1 aromatic rings. The number of carbonyl (C=O) groups is 1. The van der Waals surface area contributed by atoms with Crippen LogP contribution < -0.4 is 0 Å². The van der Waals surface area contributed by atoms with Crippen LogP contribution in [-0.4, -0.2) is 24.4 Å². The molecule has 1 aliphatic rings. The summed E-state index contributed by atoms with van der Waals surface area (Å²) < 4.78 is 0.764. The topological polar surface area (TPSA) is 20.3 Å². The van der Waals surface area contributed by atoms with E-state index in [-0.39, 0.29) is 5.91 Å². The second kappa shape index (κ2) is 4.76. The van der Waals surface area contributed by atoms with Crippen molar-refractivity contribution in [1.82, 2.24) is 4.90 Å². The van der Waals surface area contributed by atoms with E-state index >= 15 is 0 Å². The Morgan fingerprint density at radius 2 is 2.25 bits per heavy atom. The van der Waals surface area contributed by atoms with Gasteiger partial charge in [0.1, 0.15) is 0 Å². The third-order valence-corrected chi connectivity index (χ3v) is 3.96. The Morgan fingerprint density at radius 1 is 1.56 bits per heavy atom. The van der Waals surface area contributed by atoms with E-state index < -0.39 is 0 Å². The third-order valence-electron chi connectivity index (χ3n) is 2.74. The minimum Gasteiger partial charge on any atom is -0.341 e. The van der Waals surface area contributed by atoms with Gasteiger partial charge in [-0.1, -0.05) is 11.6 Å². The number of amides is 1. The van der Waals surface area contributed by atoms with Gasteiger partial charge in [-0.25, -0.2) is 0 Å². The molecule has 1 amide bonds. The van der Waals surface area contributed by atoms with E-state index in [1.165, 1.54) is 12.8 Å². The molecule has 0 atom stereocenters. The van der Waals surface area contributed by atoms with Gasteiger partial charge < -0.3 is 4.90 Å². The van der Waals surface area contributed by atoms with Crippen LogP contribution in [0.5, 0.6) is 0 Å². The predicted molar refractivity (Wildman–Crippen MR) is 68.8 cm³/mol. The second-order valence-electron chi connectivity index (χ2n) is 4.26. The van der Waals surface area contributed by atoms with Gasteiger partial charge in [-0.2, -0.15) is 0 Å². The molecule has 1 aromatic carbocycles. The molecule has 0 aromatic heterocycles. The summed E-state index contributed by atoms with van der Waals surface area (Å²) in [5.74, 6) is 0.772. The van der Waals surface area contributed by atoms with Crippen LogP contribution in [0.15, 0.2) is 22.7 Å². The van der Waals surface area contributed by atoms with Crippen molar-refractivity contribution in [1.29, 1.82) is 0 Å². The lowest BCUT2D eigenvalue weighted by Gasteiger charge is -2.17. The standard InChI is InChI=1S/C12H13BrClNO/c1-15(7-8-2-3-8)12(16)9-4-5-11(14)10(13)6-9/h4-6,8H,2-3,7H2,1H3. The van der Waals surface area contributed by atoms with Crippen molar-refractivity contribution in [2.75, 3.05) is 13.6 Å². The van der Waals surface area contributed by atoms with E-state index in [9.17, 15) is 4.79 Å². The Bertz CT molecular complexity index is 417. The maximum absolute atomic E-state index is 12.0. The monoisotopic (exact) mass is 301 g/mol. The summed E-state index contributed by atoms with van der Waals surface area (Å²) in [4.78, 5) is 13.8. The lowest BCUT2D eigenvalue weighted by molar-refractivity contribution is 0.0788. The van der Waals surface area contributed by atoms with Crippen molar-refractivity contribution in [3.8, 4) is 0 Å². The first-order valence-corrected chi connectivity index (χ1v) is 6.45. The molecule has 16 heavy (non-hydrogen) atoms. The van der Waals surface area contributed by atoms with E-state index in [2.05, 4.69) is 15.9 Å². The van der Waals surface area contributed by atoms with E-state index in [4.69, 9.17) is 11.6 Å². The van der Waals surface area contributed by atoms with Gasteiger partial charge in [0.25, 0.3) is 5.91 Å². The molecule has 0 unspecified atom stereocenters. The molecule has 4 heteroatoms. The SMILES string of the molecule is CN(CC1CC1)C(=O)c1ccc(Cl)c(Br)c1. The molecule has 0 radical (unpaired) electrons. The second-order valence-corrected chi connectivity index (χ2v) is 5.52. The average Bonchev–Trinajstić information content (AvgIpc) is 3.05. The molecule has 86 valence electrons. The first-order valence-electron chi connectivity index (χ1n) is 5.28. The van der Waals surface area contributed by atoms with Gasteiger partial charge in [0.05, 0.1) is 5.02 Å². The summed E-state index contributed by atoms with van der Waals surface area (Å²) >= 11 is 9.21. The predicted octanol–water partition coefficient (Wildman–Crippen LogP) is 3.58. The molecule has 0 spiro atoms. The summed E-state index contributed by atoms with van der Waals surface area (Å²) in [7, 11) is 1.85. The highest BCUT2D eigenvalue weighted by Crippen LogP contribution is 2.30. The van der Waals surface area contributed by atoms with E-state index in [0.29, 0.717) is 16.5 Å². The van der Waals surface area contributed by atoms with Crippen LogP contribution in [0, 0.1) is 5.92 Å². The van der Waals surface area contributed by atoms with Crippen molar-refractivity contribution in [3.05, 3.63) is 33.3 Å². The smallest absolute Gasteiger partial charge is 0.253 e. The van der Waals surface area contributed by atoms with Crippen LogP contribution in [0.4, 0.5) is 0 Å². The van der Waals surface area contributed by atoms with Crippen molar-refractivity contribution in [2.45, 2.75) is 12.8 Å². The number of benzene rings is 1. The highest BCUT2D eigenvalue weighted by molar-refractivity contribution is 9.10. The summed E-state index contributed by atoms with van der Waals surface area (Å²) in [6, 6.07) is 5.27. The third kappa shape index (κ3) is 2.77. The number of hydrogen-bond donors (Lipinski definition) is 0. The summed E-state index contributed by atoms with van der Waals surface area (Å²) in [6.45, 7) is 0.860. The molecule has 2 rings (SSSR count). The van der Waals surface area contributed by atoms with Gasteiger partial charge in [0.2, 0.25) is 0 Å². The molecule has 1 aliphatic carbocycles. The van der Waals surface area contributed by atoms with Gasteiger partial charge in [-0.3, -0.25) is 4.79 Å². The highest BCUT2D eigenvalue weighted by Gasteiger charge is 2.25. The van der Waals surface area contributed by atoms with Gasteiger partial charge >= 0.3 is 0 Å². The van der Waals surface area contributed by atoms with Crippen LogP contribution in [0.3, 0.4) is 0 Å². The first kappa shape index (κ1) is 11.9. The zero-order valence-corrected chi connectivity index (χ0v) is 11.4. The Hall–Kier alpha value is -0.540. The zero-order valence-electron chi connectivity index (χ0n) is 9.04. The fraction of sp³-hybridized carbons (Fsp3) is 0.417. The Balaban J connectivity index is 2.09. The van der Waals surface area contributed by atoms with Crippen molar-refractivity contribution < 1.29 is 4.79 Å². The van der Waals surface area contributed by atoms with E-state index in [1.807, 2.05) is 7.05 Å². The van der Waals surface area contributed by atoms with Crippen molar-refractivity contribution in [2.24, 2.45) is 5.92 Å². The highest BCUT2D eigenvalue weighted by atomic mass is 79.9. The molecular formula is C12H13BrClNO. The molecular weight excluding hydrogens is 289 g/mol. The Kier molecular flexibility index (Phi) is 3.55. The number of carbonyl (C=O) groups excluding carboxylic acids is 1. The van der Waals surface area contributed by atoms with Crippen LogP contribution >= 0.6 is 27.5 Å². The van der Waals surface area contributed by atoms with Gasteiger partial charge in [-0.05, 0) is 52.9 Å². The molecule has 0 N–H and O–H groups in total. The fourth-order valence-electron chi connectivity index (χ4n) is 1.62. The number of rotatable bonds is 3. The minimum absolute atomic E-state index is 0.0595. The summed E-state index contributed by atoms with van der Waals surface area (Å²) in [6.07, 6.45) is 2.50.